The number of carbonyl (C=O) groups is 6. The molecule has 6 heterocycles. The fourth-order valence-electron chi connectivity index (χ4n) is 12.1. The average molecular weight is 1290 g/mol. The third kappa shape index (κ3) is 14.8. The summed E-state index contributed by atoms with van der Waals surface area (Å²) in [6, 6.07) is 40.2. The first-order chi connectivity index (χ1) is 43.8. The number of nitrogens with zero attached hydrogens (tertiary/aromatic N) is 6. The summed E-state index contributed by atoms with van der Waals surface area (Å²) in [7, 11) is 0. The van der Waals surface area contributed by atoms with Gasteiger partial charge in [-0.1, -0.05) is 113 Å². The van der Waals surface area contributed by atoms with E-state index in [0.717, 1.165) is 21.9 Å². The highest BCUT2D eigenvalue weighted by Crippen LogP contribution is 2.34. The molecular formula is C72H80N10O13. The SMILES string of the molecule is CC(C)C[C@H](NC(=O)OC(C)(C)C)C(=O)n1cc(CC2NC(=O)c3ccccc3-n3c2nc2ccccc2c3=O)c2ccccc21.CC(C)C[C@H](NC(=O)OC(C)(C)C)C(=O)n1cc(CC2NC(=O)c3ccccc3-n3c2nc2ccccc2c3=O)c2ccccc21.O.O.O. The van der Waals surface area contributed by atoms with Crippen molar-refractivity contribution in [3.63, 3.8) is 0 Å². The third-order valence-electron chi connectivity index (χ3n) is 15.9. The van der Waals surface area contributed by atoms with Gasteiger partial charge in [0.05, 0.1) is 67.4 Å². The summed E-state index contributed by atoms with van der Waals surface area (Å²) in [5, 5.41) is 14.3. The van der Waals surface area contributed by atoms with Crippen LogP contribution in [0.4, 0.5) is 9.59 Å². The molecule has 0 aliphatic carbocycles. The molecule has 95 heavy (non-hydrogen) atoms. The molecule has 496 valence electrons. The highest BCUT2D eigenvalue weighted by molar-refractivity contribution is 6.02. The molecule has 4 amide bonds. The number of para-hydroxylation sites is 6. The molecule has 12 rings (SSSR count). The maximum atomic E-state index is 14.1. The van der Waals surface area contributed by atoms with Crippen LogP contribution in [-0.4, -0.2) is 104 Å². The van der Waals surface area contributed by atoms with Gasteiger partial charge in [-0.2, -0.15) is 0 Å². The second-order valence-corrected chi connectivity index (χ2v) is 26.2. The molecular weight excluding hydrogens is 1210 g/mol. The van der Waals surface area contributed by atoms with Crippen molar-refractivity contribution in [1.82, 2.24) is 49.5 Å². The molecule has 10 N–H and O–H groups in total. The lowest BCUT2D eigenvalue weighted by molar-refractivity contribution is 0.0469. The molecule has 0 radical (unpaired) electrons. The van der Waals surface area contributed by atoms with E-state index in [-0.39, 0.29) is 75.9 Å². The van der Waals surface area contributed by atoms with Gasteiger partial charge in [-0.3, -0.25) is 47.0 Å². The minimum Gasteiger partial charge on any atom is -0.444 e. The Morgan fingerprint density at radius 1 is 0.474 bits per heavy atom. The Labute approximate surface area is 547 Å². The monoisotopic (exact) mass is 1290 g/mol. The van der Waals surface area contributed by atoms with Crippen LogP contribution in [0.15, 0.2) is 168 Å². The predicted octanol–water partition coefficient (Wildman–Crippen LogP) is 9.42. The molecule has 10 aromatic rings. The Kier molecular flexibility index (Phi) is 20.9. The van der Waals surface area contributed by atoms with Gasteiger partial charge in [0.15, 0.2) is 0 Å². The quantitative estimate of drug-likeness (QED) is 0.0888. The number of aromatic nitrogens is 6. The molecule has 23 nitrogen and oxygen atoms in total. The molecule has 2 unspecified atom stereocenters. The highest BCUT2D eigenvalue weighted by atomic mass is 16.6. The van der Waals surface area contributed by atoms with E-state index >= 15 is 0 Å². The van der Waals surface area contributed by atoms with Crippen molar-refractivity contribution < 1.29 is 54.7 Å². The van der Waals surface area contributed by atoms with Crippen LogP contribution in [0, 0.1) is 11.8 Å². The molecule has 0 bridgehead atoms. The molecule has 0 saturated heterocycles. The van der Waals surface area contributed by atoms with Crippen molar-refractivity contribution >= 4 is 79.4 Å². The zero-order valence-corrected chi connectivity index (χ0v) is 54.6. The fraction of sp³-hybridized carbons (Fsp3) is 0.306. The van der Waals surface area contributed by atoms with Crippen LogP contribution in [0.25, 0.3) is 55.0 Å². The second-order valence-electron chi connectivity index (χ2n) is 26.2. The number of benzene rings is 6. The number of hydrogen-bond donors (Lipinski definition) is 4. The smallest absolute Gasteiger partial charge is 0.408 e. The van der Waals surface area contributed by atoms with E-state index in [0.29, 0.717) is 79.8 Å². The maximum absolute atomic E-state index is 14.1. The van der Waals surface area contributed by atoms with Crippen molar-refractivity contribution in [2.75, 3.05) is 0 Å². The van der Waals surface area contributed by atoms with Gasteiger partial charge in [0.2, 0.25) is 0 Å². The number of amides is 4. The van der Waals surface area contributed by atoms with Crippen LogP contribution < -0.4 is 32.4 Å². The molecule has 6 aromatic carbocycles. The van der Waals surface area contributed by atoms with E-state index in [4.69, 9.17) is 19.4 Å². The fourth-order valence-corrected chi connectivity index (χ4v) is 12.1. The molecule has 0 spiro atoms. The minimum absolute atomic E-state index is 0. The summed E-state index contributed by atoms with van der Waals surface area (Å²) in [4.78, 5) is 119. The molecule has 0 saturated carbocycles. The van der Waals surface area contributed by atoms with E-state index in [1.807, 2.05) is 88.4 Å². The molecule has 0 fully saturated rings. The number of rotatable bonds is 12. The number of fused-ring (bicyclic) bond motifs is 10. The summed E-state index contributed by atoms with van der Waals surface area (Å²) >= 11 is 0. The van der Waals surface area contributed by atoms with Crippen molar-refractivity contribution in [3.05, 3.63) is 213 Å². The lowest BCUT2D eigenvalue weighted by atomic mass is 10.0. The Morgan fingerprint density at radius 2 is 0.800 bits per heavy atom. The van der Waals surface area contributed by atoms with Crippen molar-refractivity contribution in [2.24, 2.45) is 11.8 Å². The standard InChI is InChI=1S/2C36H37N5O5.3H2O/c2*1-21(2)18-28(39-35(45)46-36(3,4)5)34(44)40-20-22(23-12-7-10-16-29(23)40)19-27-31-37-26-15-9-6-13-24(26)33(43)41(31)30-17-11-8-14-25(30)32(42)38-27;;;/h2*6-17,20-21,27-28H,18-19H2,1-5H3,(H,38,42)(H,39,45);3*1H2/t2*27?,28-;;;/m00.../s1. The van der Waals surface area contributed by atoms with Gasteiger partial charge in [0, 0.05) is 36.0 Å². The van der Waals surface area contributed by atoms with Crippen LogP contribution in [0.5, 0.6) is 0 Å². The Bertz CT molecular complexity index is 4410. The second kappa shape index (κ2) is 28.3. The number of hydrogen-bond acceptors (Lipinski definition) is 12. The summed E-state index contributed by atoms with van der Waals surface area (Å²) in [6.45, 7) is 18.6. The predicted molar refractivity (Wildman–Crippen MR) is 364 cm³/mol. The molecule has 23 heteroatoms. The molecule has 2 aliphatic rings. The first kappa shape index (κ1) is 70.3. The van der Waals surface area contributed by atoms with Crippen LogP contribution in [0.3, 0.4) is 0 Å². The van der Waals surface area contributed by atoms with E-state index in [1.54, 1.807) is 148 Å². The summed E-state index contributed by atoms with van der Waals surface area (Å²) < 4.78 is 17.1. The third-order valence-corrected chi connectivity index (χ3v) is 15.9. The highest BCUT2D eigenvalue weighted by Gasteiger charge is 2.35. The number of carbonyl (C=O) groups excluding carboxylic acids is 6. The summed E-state index contributed by atoms with van der Waals surface area (Å²) in [5.74, 6) is -0.239. The van der Waals surface area contributed by atoms with Gasteiger partial charge in [0.25, 0.3) is 34.7 Å². The van der Waals surface area contributed by atoms with Crippen LogP contribution in [0.2, 0.25) is 0 Å². The van der Waals surface area contributed by atoms with E-state index in [9.17, 15) is 38.4 Å². The van der Waals surface area contributed by atoms with E-state index in [2.05, 4.69) is 21.3 Å². The van der Waals surface area contributed by atoms with Crippen molar-refractivity contribution in [3.8, 4) is 11.4 Å². The number of alkyl carbamates (subject to hydrolysis) is 2. The minimum atomic E-state index is -0.835. The van der Waals surface area contributed by atoms with E-state index < -0.39 is 47.6 Å². The van der Waals surface area contributed by atoms with Gasteiger partial charge < -0.3 is 47.2 Å². The lowest BCUT2D eigenvalue weighted by Gasteiger charge is -2.24. The van der Waals surface area contributed by atoms with Gasteiger partial charge in [-0.25, -0.2) is 19.6 Å². The summed E-state index contributed by atoms with van der Waals surface area (Å²) in [6.07, 6.45) is 3.50. The largest absolute Gasteiger partial charge is 0.444 e. The van der Waals surface area contributed by atoms with E-state index in [1.165, 1.54) is 9.13 Å². The van der Waals surface area contributed by atoms with Crippen LogP contribution in [-0.2, 0) is 22.3 Å². The Balaban J connectivity index is 0.000000236. The molecule has 4 atom stereocenters. The van der Waals surface area contributed by atoms with Gasteiger partial charge in [-0.05, 0) is 138 Å². The number of nitrogens with one attached hydrogen (secondary N) is 4. The Morgan fingerprint density at radius 3 is 1.16 bits per heavy atom. The van der Waals surface area contributed by atoms with Gasteiger partial charge >= 0.3 is 12.2 Å². The zero-order chi connectivity index (χ0) is 65.5. The first-order valence-corrected chi connectivity index (χ1v) is 30.9. The van der Waals surface area contributed by atoms with Crippen molar-refractivity contribution in [1.29, 1.82) is 0 Å². The summed E-state index contributed by atoms with van der Waals surface area (Å²) in [5.41, 5.74) is 3.61. The van der Waals surface area contributed by atoms with Crippen molar-refractivity contribution in [2.45, 2.75) is 130 Å². The maximum Gasteiger partial charge on any atom is 0.408 e. The first-order valence-electron chi connectivity index (χ1n) is 30.9. The molecule has 2 aliphatic heterocycles. The normalized spacial score (nSPS) is 14.7. The van der Waals surface area contributed by atoms with Crippen LogP contribution in [0.1, 0.15) is 147 Å². The topological polar surface area (TPSA) is 343 Å². The van der Waals surface area contributed by atoms with Gasteiger partial charge in [0.1, 0.15) is 34.9 Å². The number of ether oxygens (including phenoxy) is 2. The van der Waals surface area contributed by atoms with Crippen LogP contribution >= 0.6 is 0 Å². The Hall–Kier alpha value is -10.6. The lowest BCUT2D eigenvalue weighted by Crippen LogP contribution is -2.45. The average Bonchev–Trinajstić information content (AvgIpc) is 1.72. The van der Waals surface area contributed by atoms with Gasteiger partial charge in [-0.15, -0.1) is 0 Å². The molecule has 4 aromatic heterocycles. The zero-order valence-electron chi connectivity index (χ0n) is 54.6.